The number of likely N-dealkylation sites (tertiary alicyclic amines) is 1. The van der Waals surface area contributed by atoms with Gasteiger partial charge in [0.2, 0.25) is 0 Å². The fourth-order valence-electron chi connectivity index (χ4n) is 2.05. The number of carboxylic acid groups (broad SMARTS) is 1. The molecule has 1 amide bonds. The van der Waals surface area contributed by atoms with Crippen LogP contribution < -0.4 is 0 Å². The number of carbonyl (C=O) groups excluding carboxylic acids is 1. The minimum Gasteiger partial charge on any atom is -0.481 e. The molecule has 1 aliphatic heterocycles. The number of ether oxygens (including phenoxy) is 1. The highest BCUT2D eigenvalue weighted by atomic mass is 16.6. The van der Waals surface area contributed by atoms with Crippen LogP contribution >= 0.6 is 0 Å². The van der Waals surface area contributed by atoms with Gasteiger partial charge in [0.05, 0.1) is 5.92 Å². The SMILES string of the molecule is CC(C)(C)OC(=O)N1CC(C(=O)O)CC1(C)C. The minimum absolute atomic E-state index is 0.219. The molecule has 98 valence electrons. The van der Waals surface area contributed by atoms with Crippen molar-refractivity contribution in [2.45, 2.75) is 52.2 Å². The summed E-state index contributed by atoms with van der Waals surface area (Å²) in [6, 6.07) is 0. The molecule has 0 saturated carbocycles. The topological polar surface area (TPSA) is 66.8 Å². The Kier molecular flexibility index (Phi) is 3.41. The van der Waals surface area contributed by atoms with E-state index in [1.807, 2.05) is 13.8 Å². The van der Waals surface area contributed by atoms with Crippen molar-refractivity contribution in [3.8, 4) is 0 Å². The van der Waals surface area contributed by atoms with E-state index in [0.717, 1.165) is 0 Å². The summed E-state index contributed by atoms with van der Waals surface area (Å²) < 4.78 is 5.28. The third-order valence-corrected chi connectivity index (χ3v) is 2.84. The summed E-state index contributed by atoms with van der Waals surface area (Å²) in [5.41, 5.74) is -1.03. The maximum absolute atomic E-state index is 12.0. The van der Waals surface area contributed by atoms with Crippen molar-refractivity contribution in [2.24, 2.45) is 5.92 Å². The Hall–Kier alpha value is -1.26. The van der Waals surface area contributed by atoms with Gasteiger partial charge in [-0.25, -0.2) is 4.79 Å². The van der Waals surface area contributed by atoms with Gasteiger partial charge >= 0.3 is 12.1 Å². The van der Waals surface area contributed by atoms with Crippen LogP contribution in [0.1, 0.15) is 41.0 Å². The highest BCUT2D eigenvalue weighted by molar-refractivity contribution is 5.75. The van der Waals surface area contributed by atoms with Crippen molar-refractivity contribution in [1.82, 2.24) is 4.90 Å². The van der Waals surface area contributed by atoms with Gasteiger partial charge in [0.1, 0.15) is 5.60 Å². The molecule has 0 aromatic heterocycles. The second-order valence-electron chi connectivity index (χ2n) is 6.14. The summed E-state index contributed by atoms with van der Waals surface area (Å²) in [5.74, 6) is -1.36. The molecular formula is C12H21NO4. The lowest BCUT2D eigenvalue weighted by molar-refractivity contribution is -0.141. The highest BCUT2D eigenvalue weighted by Crippen LogP contribution is 2.33. The van der Waals surface area contributed by atoms with E-state index in [9.17, 15) is 9.59 Å². The first-order valence-corrected chi connectivity index (χ1v) is 5.76. The predicted octanol–water partition coefficient (Wildman–Crippen LogP) is 2.11. The molecule has 1 fully saturated rings. The number of hydrogen-bond acceptors (Lipinski definition) is 3. The van der Waals surface area contributed by atoms with E-state index in [1.165, 1.54) is 4.90 Å². The molecule has 1 N–H and O–H groups in total. The van der Waals surface area contributed by atoms with Gasteiger partial charge in [-0.2, -0.15) is 0 Å². The average Bonchev–Trinajstić information content (AvgIpc) is 2.38. The van der Waals surface area contributed by atoms with Gasteiger partial charge in [-0.15, -0.1) is 0 Å². The number of carboxylic acids is 1. The zero-order chi connectivity index (χ0) is 13.4. The molecule has 5 nitrogen and oxygen atoms in total. The largest absolute Gasteiger partial charge is 0.481 e. The van der Waals surface area contributed by atoms with Gasteiger partial charge in [0.25, 0.3) is 0 Å². The van der Waals surface area contributed by atoms with Gasteiger partial charge < -0.3 is 14.7 Å². The Morgan fingerprint density at radius 1 is 1.35 bits per heavy atom. The molecule has 1 aliphatic rings. The molecular weight excluding hydrogens is 222 g/mol. The number of carbonyl (C=O) groups is 2. The molecule has 1 atom stereocenters. The lowest BCUT2D eigenvalue weighted by Gasteiger charge is -2.33. The van der Waals surface area contributed by atoms with Gasteiger partial charge in [-0.1, -0.05) is 0 Å². The van der Waals surface area contributed by atoms with E-state index in [0.29, 0.717) is 6.42 Å². The van der Waals surface area contributed by atoms with Gasteiger partial charge in [0.15, 0.2) is 0 Å². The first-order valence-electron chi connectivity index (χ1n) is 5.76. The zero-order valence-electron chi connectivity index (χ0n) is 11.1. The summed E-state index contributed by atoms with van der Waals surface area (Å²) in [5, 5.41) is 9.00. The maximum atomic E-state index is 12.0. The summed E-state index contributed by atoms with van der Waals surface area (Å²) in [6.45, 7) is 9.32. The smallest absolute Gasteiger partial charge is 0.410 e. The monoisotopic (exact) mass is 243 g/mol. The van der Waals surface area contributed by atoms with E-state index >= 15 is 0 Å². The van der Waals surface area contributed by atoms with Crippen LogP contribution in [0.3, 0.4) is 0 Å². The van der Waals surface area contributed by atoms with E-state index < -0.39 is 29.1 Å². The van der Waals surface area contributed by atoms with Gasteiger partial charge in [0, 0.05) is 12.1 Å². The molecule has 0 aliphatic carbocycles. The Labute approximate surface area is 102 Å². The summed E-state index contributed by atoms with van der Waals surface area (Å²) in [4.78, 5) is 24.4. The van der Waals surface area contributed by atoms with Crippen molar-refractivity contribution in [3.63, 3.8) is 0 Å². The predicted molar refractivity (Wildman–Crippen MR) is 62.8 cm³/mol. The lowest BCUT2D eigenvalue weighted by atomic mass is 9.97. The first-order chi connectivity index (χ1) is 7.53. The number of rotatable bonds is 1. The molecule has 0 aromatic rings. The Morgan fingerprint density at radius 3 is 2.24 bits per heavy atom. The zero-order valence-corrected chi connectivity index (χ0v) is 11.1. The van der Waals surface area contributed by atoms with Crippen LogP contribution in [0, 0.1) is 5.92 Å². The summed E-state index contributed by atoms with van der Waals surface area (Å²) in [6.07, 6.45) is 0.0212. The fraction of sp³-hybridized carbons (Fsp3) is 0.833. The van der Waals surface area contributed by atoms with Crippen LogP contribution in [-0.2, 0) is 9.53 Å². The quantitative estimate of drug-likeness (QED) is 0.766. The summed E-state index contributed by atoms with van der Waals surface area (Å²) in [7, 11) is 0. The van der Waals surface area contributed by atoms with E-state index in [4.69, 9.17) is 9.84 Å². The molecule has 1 unspecified atom stereocenters. The van der Waals surface area contributed by atoms with E-state index in [-0.39, 0.29) is 6.54 Å². The van der Waals surface area contributed by atoms with E-state index in [1.54, 1.807) is 20.8 Å². The van der Waals surface area contributed by atoms with Gasteiger partial charge in [-0.05, 0) is 41.0 Å². The number of amides is 1. The van der Waals surface area contributed by atoms with Crippen LogP contribution in [0.2, 0.25) is 0 Å². The average molecular weight is 243 g/mol. The second kappa shape index (κ2) is 4.20. The van der Waals surface area contributed by atoms with Crippen molar-refractivity contribution in [3.05, 3.63) is 0 Å². The third kappa shape index (κ3) is 3.35. The number of nitrogens with zero attached hydrogens (tertiary/aromatic N) is 1. The Bertz CT molecular complexity index is 330. The van der Waals surface area contributed by atoms with Crippen LogP contribution in [-0.4, -0.2) is 39.8 Å². The van der Waals surface area contributed by atoms with Crippen LogP contribution in [0.25, 0.3) is 0 Å². The van der Waals surface area contributed by atoms with Crippen molar-refractivity contribution < 1.29 is 19.4 Å². The van der Waals surface area contributed by atoms with E-state index in [2.05, 4.69) is 0 Å². The number of aliphatic carboxylic acids is 1. The molecule has 1 heterocycles. The fourth-order valence-corrected chi connectivity index (χ4v) is 2.05. The summed E-state index contributed by atoms with van der Waals surface area (Å²) >= 11 is 0. The molecule has 1 rings (SSSR count). The number of hydrogen-bond donors (Lipinski definition) is 1. The van der Waals surface area contributed by atoms with Crippen molar-refractivity contribution >= 4 is 12.1 Å². The molecule has 0 radical (unpaired) electrons. The maximum Gasteiger partial charge on any atom is 0.410 e. The third-order valence-electron chi connectivity index (χ3n) is 2.84. The molecule has 0 spiro atoms. The van der Waals surface area contributed by atoms with Crippen molar-refractivity contribution in [1.29, 1.82) is 0 Å². The molecule has 0 aromatic carbocycles. The Balaban J connectivity index is 2.77. The normalized spacial score (nSPS) is 23.6. The molecule has 17 heavy (non-hydrogen) atoms. The highest BCUT2D eigenvalue weighted by Gasteiger charge is 2.45. The van der Waals surface area contributed by atoms with Crippen LogP contribution in [0.15, 0.2) is 0 Å². The van der Waals surface area contributed by atoms with Gasteiger partial charge in [-0.3, -0.25) is 4.79 Å². The standard InChI is InChI=1S/C12H21NO4/c1-11(2,3)17-10(16)13-7-8(9(14)15)6-12(13,4)5/h8H,6-7H2,1-5H3,(H,14,15). The van der Waals surface area contributed by atoms with Crippen LogP contribution in [0.4, 0.5) is 4.79 Å². The molecule has 5 heteroatoms. The Morgan fingerprint density at radius 2 is 1.88 bits per heavy atom. The molecule has 0 bridgehead atoms. The second-order valence-corrected chi connectivity index (χ2v) is 6.14. The minimum atomic E-state index is -0.857. The first kappa shape index (κ1) is 13.8. The van der Waals surface area contributed by atoms with Crippen molar-refractivity contribution in [2.75, 3.05) is 6.54 Å². The lowest BCUT2D eigenvalue weighted by Crippen LogP contribution is -2.45. The van der Waals surface area contributed by atoms with Crippen LogP contribution in [0.5, 0.6) is 0 Å². The molecule has 1 saturated heterocycles.